The van der Waals surface area contributed by atoms with E-state index in [0.29, 0.717) is 6.54 Å². The molecule has 1 N–H and O–H groups in total. The number of ether oxygens (including phenoxy) is 2. The highest BCUT2D eigenvalue weighted by Crippen LogP contribution is 2.40. The predicted molar refractivity (Wildman–Crippen MR) is 68.3 cm³/mol. The maximum atomic E-state index is 8.96. The number of aliphatic hydroxyl groups is 1. The third-order valence-electron chi connectivity index (χ3n) is 2.76. The summed E-state index contributed by atoms with van der Waals surface area (Å²) in [7, 11) is 0. The molecule has 5 heteroatoms. The van der Waals surface area contributed by atoms with Gasteiger partial charge in [-0.1, -0.05) is 6.92 Å². The first-order chi connectivity index (χ1) is 8.24. The van der Waals surface area contributed by atoms with Crippen LogP contribution in [0.25, 0.3) is 0 Å². The summed E-state index contributed by atoms with van der Waals surface area (Å²) in [5.41, 5.74) is 1.15. The largest absolute Gasteiger partial charge is 0.454 e. The van der Waals surface area contributed by atoms with E-state index in [9.17, 15) is 0 Å². The van der Waals surface area contributed by atoms with Gasteiger partial charge in [0.1, 0.15) is 0 Å². The van der Waals surface area contributed by atoms with Crippen molar-refractivity contribution in [3.8, 4) is 11.5 Å². The molecule has 1 aromatic carbocycles. The van der Waals surface area contributed by atoms with Gasteiger partial charge in [-0.2, -0.15) is 0 Å². The van der Waals surface area contributed by atoms with Crippen molar-refractivity contribution in [3.05, 3.63) is 22.2 Å². The van der Waals surface area contributed by atoms with Crippen LogP contribution in [0.4, 0.5) is 0 Å². The normalized spacial score (nSPS) is 13.4. The topological polar surface area (TPSA) is 41.9 Å². The quantitative estimate of drug-likeness (QED) is 0.903. The number of benzene rings is 1. The van der Waals surface area contributed by atoms with Crippen LogP contribution >= 0.6 is 15.9 Å². The molecule has 17 heavy (non-hydrogen) atoms. The Kier molecular flexibility index (Phi) is 4.25. The molecular weight excluding hydrogens is 286 g/mol. The summed E-state index contributed by atoms with van der Waals surface area (Å²) >= 11 is 3.48. The second kappa shape index (κ2) is 5.71. The Labute approximate surface area is 109 Å². The third kappa shape index (κ3) is 2.91. The number of hydrogen-bond acceptors (Lipinski definition) is 4. The first kappa shape index (κ1) is 12.7. The molecule has 1 aliphatic heterocycles. The van der Waals surface area contributed by atoms with Gasteiger partial charge in [0.05, 0.1) is 11.1 Å². The Morgan fingerprint density at radius 1 is 1.41 bits per heavy atom. The lowest BCUT2D eigenvalue weighted by Crippen LogP contribution is -2.26. The molecule has 0 unspecified atom stereocenters. The molecule has 4 nitrogen and oxygen atoms in total. The summed E-state index contributed by atoms with van der Waals surface area (Å²) in [6, 6.07) is 4.03. The van der Waals surface area contributed by atoms with Crippen molar-refractivity contribution in [2.75, 3.05) is 26.5 Å². The van der Waals surface area contributed by atoms with Crippen LogP contribution in [0.5, 0.6) is 11.5 Å². The number of nitrogens with zero attached hydrogens (tertiary/aromatic N) is 1. The van der Waals surface area contributed by atoms with Gasteiger partial charge in [-0.3, -0.25) is 4.90 Å². The minimum absolute atomic E-state index is 0.180. The van der Waals surface area contributed by atoms with Crippen LogP contribution in [0.3, 0.4) is 0 Å². The molecule has 0 atom stereocenters. The Bertz CT molecular complexity index is 398. The van der Waals surface area contributed by atoms with Gasteiger partial charge in [0.2, 0.25) is 6.79 Å². The molecule has 0 radical (unpaired) electrons. The van der Waals surface area contributed by atoms with Crippen LogP contribution < -0.4 is 9.47 Å². The summed E-state index contributed by atoms with van der Waals surface area (Å²) in [4.78, 5) is 2.17. The van der Waals surface area contributed by atoms with E-state index in [1.165, 1.54) is 0 Å². The molecular formula is C12H16BrNO3. The Hall–Kier alpha value is -0.780. The number of rotatable bonds is 5. The smallest absolute Gasteiger partial charge is 0.231 e. The maximum Gasteiger partial charge on any atom is 0.231 e. The van der Waals surface area contributed by atoms with Crippen LogP contribution in [0, 0.1) is 0 Å². The van der Waals surface area contributed by atoms with Crippen molar-refractivity contribution < 1.29 is 14.6 Å². The molecule has 1 heterocycles. The van der Waals surface area contributed by atoms with Gasteiger partial charge in [0.15, 0.2) is 11.5 Å². The number of fused-ring (bicyclic) bond motifs is 1. The second-order valence-electron chi connectivity index (χ2n) is 3.90. The van der Waals surface area contributed by atoms with Crippen molar-refractivity contribution in [2.24, 2.45) is 0 Å². The zero-order valence-corrected chi connectivity index (χ0v) is 11.4. The zero-order valence-electron chi connectivity index (χ0n) is 9.78. The molecule has 1 aromatic rings. The predicted octanol–water partition coefficient (Wildman–Crippen LogP) is 1.99. The standard InChI is InChI=1S/C12H16BrNO3/c1-2-14(3-4-15)7-9-5-10(13)12-11(6-9)16-8-17-12/h5-6,15H,2-4,7-8H2,1H3. The summed E-state index contributed by atoms with van der Waals surface area (Å²) in [5, 5.41) is 8.96. The van der Waals surface area contributed by atoms with Crippen molar-refractivity contribution in [1.82, 2.24) is 4.90 Å². The van der Waals surface area contributed by atoms with Crippen LogP contribution in [0.1, 0.15) is 12.5 Å². The van der Waals surface area contributed by atoms with Crippen LogP contribution in [-0.4, -0.2) is 36.5 Å². The maximum absolute atomic E-state index is 8.96. The number of halogens is 1. The lowest BCUT2D eigenvalue weighted by atomic mass is 10.2. The van der Waals surface area contributed by atoms with Crippen molar-refractivity contribution >= 4 is 15.9 Å². The van der Waals surface area contributed by atoms with Crippen LogP contribution in [0.2, 0.25) is 0 Å². The summed E-state index contributed by atoms with van der Waals surface area (Å²) in [5.74, 6) is 1.56. The van der Waals surface area contributed by atoms with Crippen molar-refractivity contribution in [3.63, 3.8) is 0 Å². The average molecular weight is 302 g/mol. The Morgan fingerprint density at radius 3 is 2.94 bits per heavy atom. The SMILES string of the molecule is CCN(CCO)Cc1cc(Br)c2c(c1)OCO2. The van der Waals surface area contributed by atoms with Gasteiger partial charge < -0.3 is 14.6 Å². The van der Waals surface area contributed by atoms with E-state index in [1.54, 1.807) is 0 Å². The third-order valence-corrected chi connectivity index (χ3v) is 3.35. The molecule has 0 fully saturated rings. The van der Waals surface area contributed by atoms with Crippen molar-refractivity contribution in [2.45, 2.75) is 13.5 Å². The van der Waals surface area contributed by atoms with E-state index in [-0.39, 0.29) is 13.4 Å². The zero-order chi connectivity index (χ0) is 12.3. The molecule has 1 aliphatic rings. The highest BCUT2D eigenvalue weighted by molar-refractivity contribution is 9.10. The molecule has 0 saturated carbocycles. The lowest BCUT2D eigenvalue weighted by molar-refractivity contribution is 0.173. The van der Waals surface area contributed by atoms with E-state index in [4.69, 9.17) is 14.6 Å². The van der Waals surface area contributed by atoms with Crippen LogP contribution in [-0.2, 0) is 6.54 Å². The minimum atomic E-state index is 0.180. The average Bonchev–Trinajstić information content (AvgIpc) is 2.77. The first-order valence-corrected chi connectivity index (χ1v) is 6.45. The lowest BCUT2D eigenvalue weighted by Gasteiger charge is -2.19. The van der Waals surface area contributed by atoms with Gasteiger partial charge >= 0.3 is 0 Å². The molecule has 0 bridgehead atoms. The summed E-state index contributed by atoms with van der Waals surface area (Å²) < 4.78 is 11.6. The highest BCUT2D eigenvalue weighted by atomic mass is 79.9. The molecule has 2 rings (SSSR count). The fourth-order valence-corrected chi connectivity index (χ4v) is 2.46. The second-order valence-corrected chi connectivity index (χ2v) is 4.76. The minimum Gasteiger partial charge on any atom is -0.454 e. The molecule has 94 valence electrons. The van der Waals surface area contributed by atoms with Crippen molar-refractivity contribution in [1.29, 1.82) is 0 Å². The molecule has 0 spiro atoms. The van der Waals surface area contributed by atoms with Crippen LogP contribution in [0.15, 0.2) is 16.6 Å². The van der Waals surface area contributed by atoms with Gasteiger partial charge in [0, 0.05) is 13.1 Å². The number of hydrogen-bond donors (Lipinski definition) is 1. The fraction of sp³-hybridized carbons (Fsp3) is 0.500. The molecule has 0 saturated heterocycles. The summed E-state index contributed by atoms with van der Waals surface area (Å²) in [6.07, 6.45) is 0. The number of likely N-dealkylation sites (N-methyl/N-ethyl adjacent to an activating group) is 1. The van der Waals surface area contributed by atoms with Gasteiger partial charge in [-0.15, -0.1) is 0 Å². The molecule has 0 amide bonds. The Balaban J connectivity index is 2.14. The first-order valence-electron chi connectivity index (χ1n) is 5.65. The van der Waals surface area contributed by atoms with E-state index < -0.39 is 0 Å². The van der Waals surface area contributed by atoms with E-state index >= 15 is 0 Å². The fourth-order valence-electron chi connectivity index (χ4n) is 1.86. The van der Waals surface area contributed by atoms with Gasteiger partial charge in [0.25, 0.3) is 0 Å². The highest BCUT2D eigenvalue weighted by Gasteiger charge is 2.18. The van der Waals surface area contributed by atoms with E-state index in [2.05, 4.69) is 27.8 Å². The van der Waals surface area contributed by atoms with Gasteiger partial charge in [-0.05, 0) is 40.2 Å². The van der Waals surface area contributed by atoms with E-state index in [1.807, 2.05) is 12.1 Å². The Morgan fingerprint density at radius 2 is 2.24 bits per heavy atom. The number of aliphatic hydroxyl groups excluding tert-OH is 1. The monoisotopic (exact) mass is 301 g/mol. The summed E-state index contributed by atoms with van der Waals surface area (Å²) in [6.45, 7) is 4.93. The molecule has 0 aromatic heterocycles. The molecule has 0 aliphatic carbocycles. The van der Waals surface area contributed by atoms with E-state index in [0.717, 1.165) is 34.6 Å². The van der Waals surface area contributed by atoms with Gasteiger partial charge in [-0.25, -0.2) is 0 Å².